The molecule has 0 spiro atoms. The smallest absolute Gasteiger partial charge is 0.143 e. The van der Waals surface area contributed by atoms with Gasteiger partial charge in [-0.15, -0.1) is 0 Å². The zero-order valence-corrected chi connectivity index (χ0v) is 11.1. The van der Waals surface area contributed by atoms with Gasteiger partial charge >= 0.3 is 0 Å². The van der Waals surface area contributed by atoms with Crippen LogP contribution >= 0.6 is 15.9 Å². The van der Waals surface area contributed by atoms with E-state index in [2.05, 4.69) is 43.2 Å². The molecule has 1 saturated heterocycles. The average Bonchev–Trinajstić information content (AvgIpc) is 2.30. The Morgan fingerprint density at radius 1 is 1.50 bits per heavy atom. The third-order valence-electron chi connectivity index (χ3n) is 3.06. The van der Waals surface area contributed by atoms with E-state index in [1.807, 2.05) is 0 Å². The molecule has 1 aromatic heterocycles. The van der Waals surface area contributed by atoms with Crippen molar-refractivity contribution in [3.05, 3.63) is 17.0 Å². The van der Waals surface area contributed by atoms with Crippen LogP contribution in [-0.4, -0.2) is 41.5 Å². The number of halogens is 1. The highest BCUT2D eigenvalue weighted by atomic mass is 79.9. The molecule has 1 aliphatic heterocycles. The van der Waals surface area contributed by atoms with Crippen LogP contribution in [0.25, 0.3) is 0 Å². The first-order valence-electron chi connectivity index (χ1n) is 5.63. The van der Waals surface area contributed by atoms with Gasteiger partial charge in [0.15, 0.2) is 0 Å². The van der Waals surface area contributed by atoms with Gasteiger partial charge in [-0.05, 0) is 54.8 Å². The summed E-state index contributed by atoms with van der Waals surface area (Å²) in [6.07, 6.45) is 5.88. The monoisotopic (exact) mass is 284 g/mol. The molecule has 1 aromatic rings. The summed E-state index contributed by atoms with van der Waals surface area (Å²) in [6, 6.07) is 0. The van der Waals surface area contributed by atoms with Crippen LogP contribution < -0.4 is 5.32 Å². The van der Waals surface area contributed by atoms with Gasteiger partial charge in [-0.25, -0.2) is 9.97 Å². The second-order valence-corrected chi connectivity index (χ2v) is 5.20. The molecular weight excluding hydrogens is 268 g/mol. The lowest BCUT2D eigenvalue weighted by Crippen LogP contribution is -2.33. The number of nitrogens with zero attached hydrogens (tertiary/aromatic N) is 3. The molecule has 0 aromatic carbocycles. The fourth-order valence-electron chi connectivity index (χ4n) is 1.95. The van der Waals surface area contributed by atoms with Crippen LogP contribution in [0.1, 0.15) is 12.8 Å². The van der Waals surface area contributed by atoms with E-state index in [-0.39, 0.29) is 0 Å². The molecule has 0 amide bonds. The van der Waals surface area contributed by atoms with Crippen molar-refractivity contribution >= 4 is 21.7 Å². The zero-order chi connectivity index (χ0) is 11.4. The number of piperidine rings is 1. The maximum atomic E-state index is 4.20. The van der Waals surface area contributed by atoms with Crippen LogP contribution in [0.2, 0.25) is 0 Å². The summed E-state index contributed by atoms with van der Waals surface area (Å²) in [7, 11) is 2.19. The van der Waals surface area contributed by atoms with Crippen LogP contribution in [0.5, 0.6) is 0 Å². The summed E-state index contributed by atoms with van der Waals surface area (Å²) in [5.41, 5.74) is 0. The number of nitrogens with one attached hydrogen (secondary N) is 1. The highest BCUT2D eigenvalue weighted by molar-refractivity contribution is 9.10. The Hall–Kier alpha value is -0.680. The van der Waals surface area contributed by atoms with E-state index >= 15 is 0 Å². The van der Waals surface area contributed by atoms with Gasteiger partial charge in [0.2, 0.25) is 0 Å². The molecule has 16 heavy (non-hydrogen) atoms. The number of hydrogen-bond donors (Lipinski definition) is 1. The van der Waals surface area contributed by atoms with E-state index in [1.54, 1.807) is 12.5 Å². The third-order valence-corrected chi connectivity index (χ3v) is 3.64. The van der Waals surface area contributed by atoms with Crippen molar-refractivity contribution < 1.29 is 0 Å². The van der Waals surface area contributed by atoms with Crippen LogP contribution in [-0.2, 0) is 0 Å². The topological polar surface area (TPSA) is 41.0 Å². The molecule has 2 heterocycles. The van der Waals surface area contributed by atoms with Crippen LogP contribution in [0, 0.1) is 5.92 Å². The Labute approximate surface area is 105 Å². The van der Waals surface area contributed by atoms with E-state index in [1.165, 1.54) is 25.9 Å². The van der Waals surface area contributed by atoms with Gasteiger partial charge < -0.3 is 10.2 Å². The number of hydrogen-bond acceptors (Lipinski definition) is 4. The van der Waals surface area contributed by atoms with Crippen LogP contribution in [0.4, 0.5) is 5.82 Å². The summed E-state index contributed by atoms with van der Waals surface area (Å²) in [4.78, 5) is 10.5. The Bertz CT molecular complexity index is 337. The SMILES string of the molecule is CN1CCC(CNc2ncncc2Br)CC1. The number of anilines is 1. The van der Waals surface area contributed by atoms with Gasteiger partial charge in [-0.2, -0.15) is 0 Å². The normalized spacial score (nSPS) is 18.6. The van der Waals surface area contributed by atoms with Crippen LogP contribution in [0.3, 0.4) is 0 Å². The van der Waals surface area contributed by atoms with Gasteiger partial charge in [-0.3, -0.25) is 0 Å². The van der Waals surface area contributed by atoms with Gasteiger partial charge in [-0.1, -0.05) is 0 Å². The summed E-state index contributed by atoms with van der Waals surface area (Å²) >= 11 is 3.44. The van der Waals surface area contributed by atoms with Crippen molar-refractivity contribution in [3.8, 4) is 0 Å². The minimum Gasteiger partial charge on any atom is -0.369 e. The predicted octanol–water partition coefficient (Wildman–Crippen LogP) is 1.99. The quantitative estimate of drug-likeness (QED) is 0.922. The second kappa shape index (κ2) is 5.59. The fourth-order valence-corrected chi connectivity index (χ4v) is 2.31. The Morgan fingerprint density at radius 3 is 2.94 bits per heavy atom. The number of aromatic nitrogens is 2. The highest BCUT2D eigenvalue weighted by Crippen LogP contribution is 2.20. The van der Waals surface area contributed by atoms with Gasteiger partial charge in [0.1, 0.15) is 12.1 Å². The molecular formula is C11H17BrN4. The molecule has 4 nitrogen and oxygen atoms in total. The highest BCUT2D eigenvalue weighted by Gasteiger charge is 2.16. The maximum absolute atomic E-state index is 4.20. The molecule has 1 N–H and O–H groups in total. The summed E-state index contributed by atoms with van der Waals surface area (Å²) in [6.45, 7) is 3.41. The predicted molar refractivity (Wildman–Crippen MR) is 68.4 cm³/mol. The summed E-state index contributed by atoms with van der Waals surface area (Å²) in [5, 5.41) is 3.38. The van der Waals surface area contributed by atoms with E-state index in [9.17, 15) is 0 Å². The molecule has 1 fully saturated rings. The first-order valence-corrected chi connectivity index (χ1v) is 6.43. The first kappa shape index (κ1) is 11.8. The Balaban J connectivity index is 1.81. The number of rotatable bonds is 3. The number of likely N-dealkylation sites (tertiary alicyclic amines) is 1. The van der Waals surface area contributed by atoms with E-state index in [0.717, 1.165) is 22.8 Å². The van der Waals surface area contributed by atoms with E-state index in [0.29, 0.717) is 0 Å². The van der Waals surface area contributed by atoms with E-state index < -0.39 is 0 Å². The first-order chi connectivity index (χ1) is 7.75. The average molecular weight is 285 g/mol. The molecule has 5 heteroatoms. The van der Waals surface area contributed by atoms with Crippen molar-refractivity contribution in [1.29, 1.82) is 0 Å². The molecule has 2 rings (SSSR count). The van der Waals surface area contributed by atoms with Crippen molar-refractivity contribution in [1.82, 2.24) is 14.9 Å². The molecule has 88 valence electrons. The van der Waals surface area contributed by atoms with Crippen LogP contribution in [0.15, 0.2) is 17.0 Å². The molecule has 0 bridgehead atoms. The molecule has 0 unspecified atom stereocenters. The standard InChI is InChI=1S/C11H17BrN4/c1-16-4-2-9(3-5-16)6-14-11-10(12)7-13-8-15-11/h7-9H,2-6H2,1H3,(H,13,14,15). The molecule has 0 radical (unpaired) electrons. The Kier molecular flexibility index (Phi) is 4.12. The summed E-state index contributed by atoms with van der Waals surface area (Å²) in [5.74, 6) is 1.66. The molecule has 0 saturated carbocycles. The van der Waals surface area contributed by atoms with Crippen molar-refractivity contribution in [3.63, 3.8) is 0 Å². The lowest BCUT2D eigenvalue weighted by molar-refractivity contribution is 0.226. The fraction of sp³-hybridized carbons (Fsp3) is 0.636. The second-order valence-electron chi connectivity index (χ2n) is 4.35. The van der Waals surface area contributed by atoms with Gasteiger partial charge in [0, 0.05) is 12.7 Å². The summed E-state index contributed by atoms with van der Waals surface area (Å²) < 4.78 is 0.933. The zero-order valence-electron chi connectivity index (χ0n) is 9.49. The molecule has 0 atom stereocenters. The van der Waals surface area contributed by atoms with Crippen molar-refractivity contribution in [2.75, 3.05) is 32.0 Å². The largest absolute Gasteiger partial charge is 0.369 e. The minimum absolute atomic E-state index is 0.762. The minimum atomic E-state index is 0.762. The Morgan fingerprint density at radius 2 is 2.25 bits per heavy atom. The van der Waals surface area contributed by atoms with E-state index in [4.69, 9.17) is 0 Å². The molecule has 1 aliphatic rings. The van der Waals surface area contributed by atoms with Gasteiger partial charge in [0.05, 0.1) is 4.47 Å². The molecule has 0 aliphatic carbocycles. The lowest BCUT2D eigenvalue weighted by atomic mass is 9.97. The maximum Gasteiger partial charge on any atom is 0.143 e. The van der Waals surface area contributed by atoms with Gasteiger partial charge in [0.25, 0.3) is 0 Å². The third kappa shape index (κ3) is 3.15. The van der Waals surface area contributed by atoms with Crippen molar-refractivity contribution in [2.24, 2.45) is 5.92 Å². The lowest BCUT2D eigenvalue weighted by Gasteiger charge is -2.29. The van der Waals surface area contributed by atoms with Crippen molar-refractivity contribution in [2.45, 2.75) is 12.8 Å².